The van der Waals surface area contributed by atoms with Crippen LogP contribution in [0.1, 0.15) is 52.9 Å². The number of carbonyl (C=O) groups is 1. The van der Waals surface area contributed by atoms with Gasteiger partial charge in [0.2, 0.25) is 0 Å². The Morgan fingerprint density at radius 2 is 2.05 bits per heavy atom. The van der Waals surface area contributed by atoms with Gasteiger partial charge < -0.3 is 15.0 Å². The van der Waals surface area contributed by atoms with Gasteiger partial charge in [-0.05, 0) is 71.1 Å². The summed E-state index contributed by atoms with van der Waals surface area (Å²) >= 11 is 0. The van der Waals surface area contributed by atoms with Gasteiger partial charge in [-0.2, -0.15) is 0 Å². The van der Waals surface area contributed by atoms with Gasteiger partial charge in [0.1, 0.15) is 5.54 Å². The third-order valence-electron chi connectivity index (χ3n) is 4.43. The first-order chi connectivity index (χ1) is 9.51. The Labute approximate surface area is 124 Å². The quantitative estimate of drug-likeness (QED) is 0.695. The lowest BCUT2D eigenvalue weighted by Crippen LogP contribution is -2.51. The van der Waals surface area contributed by atoms with Gasteiger partial charge in [-0.3, -0.25) is 4.79 Å². The van der Waals surface area contributed by atoms with E-state index in [4.69, 9.17) is 4.74 Å². The van der Waals surface area contributed by atoms with Crippen molar-refractivity contribution < 1.29 is 9.53 Å². The largest absolute Gasteiger partial charge is 0.468 e. The standard InChI is InChI=1S/C16H32N2O2/c1-5-10-17-16(3,15(19)20-4)9-6-11-18-12-7-14(2)8-13-18/h14,17H,5-13H2,1-4H3. The highest BCUT2D eigenvalue weighted by Crippen LogP contribution is 2.19. The molecule has 0 aromatic rings. The van der Waals surface area contributed by atoms with Gasteiger partial charge in [-0.15, -0.1) is 0 Å². The molecule has 1 atom stereocenters. The number of hydrogen-bond acceptors (Lipinski definition) is 4. The van der Waals surface area contributed by atoms with E-state index in [-0.39, 0.29) is 5.97 Å². The van der Waals surface area contributed by atoms with Gasteiger partial charge >= 0.3 is 5.97 Å². The van der Waals surface area contributed by atoms with Crippen LogP contribution in [0.3, 0.4) is 0 Å². The number of nitrogens with one attached hydrogen (secondary N) is 1. The molecular formula is C16H32N2O2. The van der Waals surface area contributed by atoms with Crippen LogP contribution in [0.5, 0.6) is 0 Å². The summed E-state index contributed by atoms with van der Waals surface area (Å²) in [5.41, 5.74) is -0.534. The number of nitrogens with zero attached hydrogens (tertiary/aromatic N) is 1. The topological polar surface area (TPSA) is 41.6 Å². The number of likely N-dealkylation sites (tertiary alicyclic amines) is 1. The molecule has 0 aromatic heterocycles. The van der Waals surface area contributed by atoms with Crippen LogP contribution in [-0.2, 0) is 9.53 Å². The highest BCUT2D eigenvalue weighted by molar-refractivity contribution is 5.80. The van der Waals surface area contributed by atoms with E-state index in [0.717, 1.165) is 38.3 Å². The fourth-order valence-corrected chi connectivity index (χ4v) is 2.83. The van der Waals surface area contributed by atoms with E-state index in [2.05, 4.69) is 24.1 Å². The van der Waals surface area contributed by atoms with Crippen LogP contribution >= 0.6 is 0 Å². The summed E-state index contributed by atoms with van der Waals surface area (Å²) < 4.78 is 4.95. The first-order valence-electron chi connectivity index (χ1n) is 8.07. The Morgan fingerprint density at radius 1 is 1.40 bits per heavy atom. The van der Waals surface area contributed by atoms with Crippen molar-refractivity contribution in [3.8, 4) is 0 Å². The summed E-state index contributed by atoms with van der Waals surface area (Å²) in [5.74, 6) is 0.732. The second kappa shape index (κ2) is 8.63. The lowest BCUT2D eigenvalue weighted by molar-refractivity contribution is -0.148. The molecule has 1 rings (SSSR count). The summed E-state index contributed by atoms with van der Waals surface area (Å²) in [6, 6.07) is 0. The zero-order valence-corrected chi connectivity index (χ0v) is 13.7. The summed E-state index contributed by atoms with van der Waals surface area (Å²) in [4.78, 5) is 14.5. The molecule has 1 unspecified atom stereocenters. The molecule has 0 amide bonds. The number of ether oxygens (including phenoxy) is 1. The van der Waals surface area contributed by atoms with Crippen molar-refractivity contribution in [1.29, 1.82) is 0 Å². The van der Waals surface area contributed by atoms with Crippen molar-refractivity contribution in [1.82, 2.24) is 10.2 Å². The van der Waals surface area contributed by atoms with Crippen LogP contribution in [0, 0.1) is 5.92 Å². The summed E-state index contributed by atoms with van der Waals surface area (Å²) in [6.07, 6.45) is 5.52. The van der Waals surface area contributed by atoms with E-state index in [1.54, 1.807) is 0 Å². The molecule has 0 aromatic carbocycles. The van der Waals surface area contributed by atoms with Gasteiger partial charge in [0.05, 0.1) is 7.11 Å². The molecule has 0 radical (unpaired) electrons. The summed E-state index contributed by atoms with van der Waals surface area (Å²) in [7, 11) is 1.47. The van der Waals surface area contributed by atoms with Crippen molar-refractivity contribution in [2.45, 2.75) is 58.4 Å². The maximum Gasteiger partial charge on any atom is 0.325 e. The molecule has 1 N–H and O–H groups in total. The minimum atomic E-state index is -0.534. The third kappa shape index (κ3) is 5.41. The van der Waals surface area contributed by atoms with Gasteiger partial charge in [-0.25, -0.2) is 0 Å². The molecule has 1 aliphatic rings. The van der Waals surface area contributed by atoms with Crippen LogP contribution in [0.15, 0.2) is 0 Å². The molecule has 0 bridgehead atoms. The first-order valence-corrected chi connectivity index (χ1v) is 8.07. The molecule has 1 saturated heterocycles. The maximum absolute atomic E-state index is 12.0. The predicted molar refractivity (Wildman–Crippen MR) is 82.8 cm³/mol. The average Bonchev–Trinajstić information content (AvgIpc) is 2.46. The predicted octanol–water partition coefficient (Wildman–Crippen LogP) is 2.43. The highest BCUT2D eigenvalue weighted by Gasteiger charge is 2.33. The number of rotatable bonds is 8. The first kappa shape index (κ1) is 17.4. The Hall–Kier alpha value is -0.610. The van der Waals surface area contributed by atoms with E-state index >= 15 is 0 Å². The second-order valence-corrected chi connectivity index (χ2v) is 6.38. The smallest absolute Gasteiger partial charge is 0.325 e. The van der Waals surface area contributed by atoms with Gasteiger partial charge in [0.15, 0.2) is 0 Å². The number of methoxy groups -OCH3 is 1. The SMILES string of the molecule is CCCNC(C)(CCCN1CCC(C)CC1)C(=O)OC. The van der Waals surface area contributed by atoms with E-state index in [1.165, 1.54) is 33.0 Å². The Kier molecular flexibility index (Phi) is 7.52. The fourth-order valence-electron chi connectivity index (χ4n) is 2.83. The van der Waals surface area contributed by atoms with Crippen LogP contribution < -0.4 is 5.32 Å². The fraction of sp³-hybridized carbons (Fsp3) is 0.938. The molecule has 4 nitrogen and oxygen atoms in total. The second-order valence-electron chi connectivity index (χ2n) is 6.38. The number of carbonyl (C=O) groups excluding carboxylic acids is 1. The number of piperidine rings is 1. The van der Waals surface area contributed by atoms with Crippen LogP contribution in [0.4, 0.5) is 0 Å². The zero-order valence-electron chi connectivity index (χ0n) is 13.7. The Morgan fingerprint density at radius 3 is 2.60 bits per heavy atom. The molecule has 1 fully saturated rings. The van der Waals surface area contributed by atoms with Crippen molar-refractivity contribution in [3.63, 3.8) is 0 Å². The van der Waals surface area contributed by atoms with E-state index in [1.807, 2.05) is 6.92 Å². The molecule has 4 heteroatoms. The number of esters is 1. The minimum absolute atomic E-state index is 0.141. The lowest BCUT2D eigenvalue weighted by atomic mass is 9.94. The summed E-state index contributed by atoms with van der Waals surface area (Å²) in [6.45, 7) is 10.8. The molecule has 1 heterocycles. The van der Waals surface area contributed by atoms with Crippen molar-refractivity contribution in [2.24, 2.45) is 5.92 Å². The van der Waals surface area contributed by atoms with E-state index in [0.29, 0.717) is 0 Å². The molecular weight excluding hydrogens is 252 g/mol. The average molecular weight is 284 g/mol. The van der Waals surface area contributed by atoms with Gasteiger partial charge in [-0.1, -0.05) is 13.8 Å². The van der Waals surface area contributed by atoms with E-state index < -0.39 is 5.54 Å². The molecule has 0 spiro atoms. The van der Waals surface area contributed by atoms with Gasteiger partial charge in [0, 0.05) is 0 Å². The molecule has 20 heavy (non-hydrogen) atoms. The third-order valence-corrected chi connectivity index (χ3v) is 4.43. The van der Waals surface area contributed by atoms with Crippen molar-refractivity contribution in [2.75, 3.05) is 33.3 Å². The van der Waals surface area contributed by atoms with Crippen LogP contribution in [0.2, 0.25) is 0 Å². The summed E-state index contributed by atoms with van der Waals surface area (Å²) in [5, 5.41) is 3.35. The van der Waals surface area contributed by atoms with Crippen molar-refractivity contribution in [3.05, 3.63) is 0 Å². The maximum atomic E-state index is 12.0. The normalized spacial score (nSPS) is 20.6. The van der Waals surface area contributed by atoms with Crippen LogP contribution in [-0.4, -0.2) is 49.7 Å². The highest BCUT2D eigenvalue weighted by atomic mass is 16.5. The van der Waals surface area contributed by atoms with Gasteiger partial charge in [0.25, 0.3) is 0 Å². The lowest BCUT2D eigenvalue weighted by Gasteiger charge is -2.32. The van der Waals surface area contributed by atoms with Crippen molar-refractivity contribution >= 4 is 5.97 Å². The molecule has 1 aliphatic heterocycles. The minimum Gasteiger partial charge on any atom is -0.468 e. The monoisotopic (exact) mass is 284 g/mol. The zero-order chi connectivity index (χ0) is 15.0. The number of hydrogen-bond donors (Lipinski definition) is 1. The molecule has 118 valence electrons. The Bertz CT molecular complexity index is 288. The Balaban J connectivity index is 2.36. The van der Waals surface area contributed by atoms with E-state index in [9.17, 15) is 4.79 Å². The molecule has 0 aliphatic carbocycles. The van der Waals surface area contributed by atoms with Crippen LogP contribution in [0.25, 0.3) is 0 Å². The molecule has 0 saturated carbocycles.